The third-order valence-electron chi connectivity index (χ3n) is 3.47. The number of carbonyl (C=O) groups excluding carboxylic acids is 2. The zero-order valence-electron chi connectivity index (χ0n) is 14.7. The Morgan fingerprint density at radius 3 is 2.60 bits per heavy atom. The predicted molar refractivity (Wildman–Crippen MR) is 91.5 cm³/mol. The van der Waals surface area contributed by atoms with Crippen molar-refractivity contribution in [2.24, 2.45) is 0 Å². The summed E-state index contributed by atoms with van der Waals surface area (Å²) in [6.07, 6.45) is 0. The Kier molecular flexibility index (Phi) is 5.99. The first-order chi connectivity index (χ1) is 11.9. The highest BCUT2D eigenvalue weighted by Gasteiger charge is 2.19. The van der Waals surface area contributed by atoms with Gasteiger partial charge in [-0.25, -0.2) is 0 Å². The first kappa shape index (κ1) is 18.3. The topological polar surface area (TPSA) is 96.5 Å². The van der Waals surface area contributed by atoms with Gasteiger partial charge in [0.2, 0.25) is 5.91 Å². The summed E-state index contributed by atoms with van der Waals surface area (Å²) in [4.78, 5) is 25.3. The van der Waals surface area contributed by atoms with Crippen LogP contribution in [0.25, 0.3) is 0 Å². The zero-order valence-corrected chi connectivity index (χ0v) is 14.7. The van der Waals surface area contributed by atoms with E-state index in [9.17, 15) is 9.59 Å². The summed E-state index contributed by atoms with van der Waals surface area (Å²) in [6.45, 7) is 1.82. The number of amides is 2. The number of benzene rings is 1. The molecule has 8 nitrogen and oxygen atoms in total. The molecule has 1 atom stereocenters. The van der Waals surface area contributed by atoms with Crippen molar-refractivity contribution in [3.8, 4) is 11.5 Å². The van der Waals surface area contributed by atoms with Crippen LogP contribution < -0.4 is 14.8 Å². The van der Waals surface area contributed by atoms with E-state index in [1.165, 1.54) is 4.90 Å². The van der Waals surface area contributed by atoms with Crippen molar-refractivity contribution in [2.45, 2.75) is 19.6 Å². The van der Waals surface area contributed by atoms with Crippen molar-refractivity contribution >= 4 is 11.8 Å². The fourth-order valence-corrected chi connectivity index (χ4v) is 2.17. The van der Waals surface area contributed by atoms with E-state index in [4.69, 9.17) is 9.47 Å². The van der Waals surface area contributed by atoms with Gasteiger partial charge in [-0.1, -0.05) is 12.1 Å². The minimum Gasteiger partial charge on any atom is -0.493 e. The van der Waals surface area contributed by atoms with E-state index in [1.54, 1.807) is 46.3 Å². The number of aromatic amines is 1. The molecule has 0 aliphatic carbocycles. The minimum absolute atomic E-state index is 0.191. The van der Waals surface area contributed by atoms with Gasteiger partial charge in [-0.3, -0.25) is 14.7 Å². The van der Waals surface area contributed by atoms with Gasteiger partial charge < -0.3 is 19.7 Å². The van der Waals surface area contributed by atoms with Crippen LogP contribution in [-0.4, -0.2) is 54.2 Å². The first-order valence-electron chi connectivity index (χ1n) is 7.74. The van der Waals surface area contributed by atoms with Crippen molar-refractivity contribution in [1.82, 2.24) is 20.4 Å². The number of methoxy groups -OCH3 is 1. The summed E-state index contributed by atoms with van der Waals surface area (Å²) >= 11 is 0. The molecule has 0 saturated carbocycles. The van der Waals surface area contributed by atoms with Crippen LogP contribution in [0.5, 0.6) is 11.5 Å². The quantitative estimate of drug-likeness (QED) is 0.785. The van der Waals surface area contributed by atoms with Gasteiger partial charge in [0.1, 0.15) is 18.3 Å². The average Bonchev–Trinajstić information content (AvgIpc) is 3.08. The lowest BCUT2D eigenvalue weighted by atomic mass is 10.2. The fourth-order valence-electron chi connectivity index (χ4n) is 2.17. The maximum absolute atomic E-state index is 12.1. The van der Waals surface area contributed by atoms with E-state index < -0.39 is 11.9 Å². The fraction of sp³-hybridized carbons (Fsp3) is 0.353. The summed E-state index contributed by atoms with van der Waals surface area (Å²) in [7, 11) is 4.83. The molecule has 2 aromatic rings. The summed E-state index contributed by atoms with van der Waals surface area (Å²) in [5, 5.41) is 9.31. The molecule has 0 aliphatic rings. The molecule has 0 saturated heterocycles. The molecule has 25 heavy (non-hydrogen) atoms. The summed E-state index contributed by atoms with van der Waals surface area (Å²) in [5.74, 6) is 0.595. The van der Waals surface area contributed by atoms with Crippen LogP contribution in [0.3, 0.4) is 0 Å². The van der Waals surface area contributed by atoms with Crippen LogP contribution in [-0.2, 0) is 11.4 Å². The molecule has 2 rings (SSSR count). The lowest BCUT2D eigenvalue weighted by Crippen LogP contribution is -2.44. The molecule has 2 amide bonds. The summed E-state index contributed by atoms with van der Waals surface area (Å²) in [6, 6.07) is 8.22. The molecule has 134 valence electrons. The molecule has 1 aromatic heterocycles. The molecule has 0 aliphatic heterocycles. The second-order valence-electron chi connectivity index (χ2n) is 5.65. The predicted octanol–water partition coefficient (Wildman–Crippen LogP) is 1.20. The average molecular weight is 346 g/mol. The van der Waals surface area contributed by atoms with Gasteiger partial charge >= 0.3 is 0 Å². The second kappa shape index (κ2) is 8.18. The number of rotatable bonds is 7. The highest BCUT2D eigenvalue weighted by atomic mass is 16.5. The Morgan fingerprint density at radius 1 is 1.28 bits per heavy atom. The third kappa shape index (κ3) is 4.72. The number of hydrogen-bond acceptors (Lipinski definition) is 5. The van der Waals surface area contributed by atoms with Crippen LogP contribution in [0.4, 0.5) is 0 Å². The molecule has 8 heteroatoms. The maximum Gasteiger partial charge on any atom is 0.272 e. The largest absolute Gasteiger partial charge is 0.493 e. The van der Waals surface area contributed by atoms with E-state index in [1.807, 2.05) is 12.1 Å². The lowest BCUT2D eigenvalue weighted by molar-refractivity contribution is -0.130. The molecule has 0 bridgehead atoms. The van der Waals surface area contributed by atoms with Crippen molar-refractivity contribution in [3.63, 3.8) is 0 Å². The van der Waals surface area contributed by atoms with E-state index in [0.29, 0.717) is 17.2 Å². The van der Waals surface area contributed by atoms with Gasteiger partial charge in [0, 0.05) is 14.1 Å². The van der Waals surface area contributed by atoms with Crippen LogP contribution in [0.15, 0.2) is 30.3 Å². The van der Waals surface area contributed by atoms with Gasteiger partial charge in [-0.05, 0) is 25.1 Å². The maximum atomic E-state index is 12.1. The first-order valence-corrected chi connectivity index (χ1v) is 7.74. The highest BCUT2D eigenvalue weighted by molar-refractivity contribution is 5.95. The lowest BCUT2D eigenvalue weighted by Gasteiger charge is -2.17. The van der Waals surface area contributed by atoms with Gasteiger partial charge in [0.25, 0.3) is 5.91 Å². The van der Waals surface area contributed by atoms with E-state index in [-0.39, 0.29) is 18.2 Å². The number of nitrogens with zero attached hydrogens (tertiary/aromatic N) is 2. The van der Waals surface area contributed by atoms with Gasteiger partial charge in [-0.2, -0.15) is 5.10 Å². The van der Waals surface area contributed by atoms with Crippen LogP contribution in [0.1, 0.15) is 23.1 Å². The third-order valence-corrected chi connectivity index (χ3v) is 3.47. The van der Waals surface area contributed by atoms with Crippen LogP contribution in [0.2, 0.25) is 0 Å². The SMILES string of the molecule is COc1ccccc1OCc1cc(C(=O)N[C@@H](C)C(=O)N(C)C)n[nH]1. The van der Waals surface area contributed by atoms with Gasteiger partial charge in [0.05, 0.1) is 12.8 Å². The number of likely N-dealkylation sites (N-methyl/N-ethyl adjacent to an activating group) is 1. The molecule has 0 spiro atoms. The standard InChI is InChI=1S/C17H22N4O4/c1-11(17(23)21(2)3)18-16(22)13-9-12(19-20-13)10-25-15-8-6-5-7-14(15)24-4/h5-9,11H,10H2,1-4H3,(H,18,22)(H,19,20)/t11-/m0/s1. The Bertz CT molecular complexity index is 742. The van der Waals surface area contributed by atoms with Crippen molar-refractivity contribution in [3.05, 3.63) is 41.7 Å². The molecule has 2 N–H and O–H groups in total. The van der Waals surface area contributed by atoms with E-state index in [2.05, 4.69) is 15.5 Å². The zero-order chi connectivity index (χ0) is 18.4. The number of aromatic nitrogens is 2. The normalized spacial score (nSPS) is 11.5. The van der Waals surface area contributed by atoms with Crippen LogP contribution >= 0.6 is 0 Å². The molecule has 1 heterocycles. The Labute approximate surface area is 146 Å². The number of ether oxygens (including phenoxy) is 2. The number of H-pyrrole nitrogens is 1. The molecule has 0 unspecified atom stereocenters. The molecule has 0 radical (unpaired) electrons. The van der Waals surface area contributed by atoms with E-state index in [0.717, 1.165) is 0 Å². The molecule has 1 aromatic carbocycles. The number of nitrogens with one attached hydrogen (secondary N) is 2. The van der Waals surface area contributed by atoms with Gasteiger partial charge in [0.15, 0.2) is 11.5 Å². The Balaban J connectivity index is 1.95. The molecular weight excluding hydrogens is 324 g/mol. The minimum atomic E-state index is -0.632. The monoisotopic (exact) mass is 346 g/mol. The van der Waals surface area contributed by atoms with Crippen molar-refractivity contribution < 1.29 is 19.1 Å². The number of carbonyl (C=O) groups is 2. The number of hydrogen-bond donors (Lipinski definition) is 2. The molecule has 0 fully saturated rings. The highest BCUT2D eigenvalue weighted by Crippen LogP contribution is 2.26. The number of para-hydroxylation sites is 2. The smallest absolute Gasteiger partial charge is 0.272 e. The molecular formula is C17H22N4O4. The van der Waals surface area contributed by atoms with Crippen LogP contribution in [0, 0.1) is 0 Å². The van der Waals surface area contributed by atoms with Gasteiger partial charge in [-0.15, -0.1) is 0 Å². The van der Waals surface area contributed by atoms with E-state index >= 15 is 0 Å². The summed E-state index contributed by atoms with van der Waals surface area (Å²) in [5.41, 5.74) is 0.819. The Morgan fingerprint density at radius 2 is 1.96 bits per heavy atom. The van der Waals surface area contributed by atoms with Crippen molar-refractivity contribution in [2.75, 3.05) is 21.2 Å². The Hall–Kier alpha value is -3.03. The van der Waals surface area contributed by atoms with Crippen molar-refractivity contribution in [1.29, 1.82) is 0 Å². The second-order valence-corrected chi connectivity index (χ2v) is 5.65. The summed E-state index contributed by atoms with van der Waals surface area (Å²) < 4.78 is 10.9.